The van der Waals surface area contributed by atoms with Crippen molar-refractivity contribution in [2.75, 3.05) is 20.2 Å². The lowest BCUT2D eigenvalue weighted by Gasteiger charge is -2.31. The molecule has 2 rings (SSSR count). The van der Waals surface area contributed by atoms with Crippen LogP contribution in [0.1, 0.15) is 26.2 Å². The van der Waals surface area contributed by atoms with Crippen LogP contribution in [0.4, 0.5) is 0 Å². The first-order chi connectivity index (χ1) is 9.99. The first kappa shape index (κ1) is 15.9. The summed E-state index contributed by atoms with van der Waals surface area (Å²) in [6, 6.07) is -1.10. The third-order valence-electron chi connectivity index (χ3n) is 4.49. The number of carbonyl (C=O) groups is 3. The van der Waals surface area contributed by atoms with Gasteiger partial charge in [0.2, 0.25) is 11.8 Å². The fourth-order valence-corrected chi connectivity index (χ4v) is 3.30. The van der Waals surface area contributed by atoms with Crippen molar-refractivity contribution in [3.63, 3.8) is 0 Å². The number of nitrogens with one attached hydrogen (secondary N) is 2. The number of likely N-dealkylation sites (tertiary alicyclic amines) is 1. The molecule has 2 aliphatic rings. The molecule has 0 aromatic carbocycles. The van der Waals surface area contributed by atoms with Crippen molar-refractivity contribution in [2.45, 2.75) is 44.3 Å². The average Bonchev–Trinajstić information content (AvgIpc) is 2.99. The summed E-state index contributed by atoms with van der Waals surface area (Å²) in [5, 5.41) is 14.9. The van der Waals surface area contributed by atoms with Crippen LogP contribution < -0.4 is 10.6 Å². The maximum Gasteiger partial charge on any atom is 0.240 e. The van der Waals surface area contributed by atoms with Gasteiger partial charge in [-0.15, -0.1) is 0 Å². The topological polar surface area (TPSA) is 98.7 Å². The number of nitrogens with zero attached hydrogens (tertiary/aromatic N) is 1. The van der Waals surface area contributed by atoms with Gasteiger partial charge in [0.1, 0.15) is 6.61 Å². The standard InChI is InChI=1S/C14H23N3O4/c1-8-5-10(15-2)14(21)17(8)11(12(19)7-18)6-9-3-4-16-13(9)20/h8-11,15,18H,3-7H2,1-2H3,(H,16,20). The summed E-state index contributed by atoms with van der Waals surface area (Å²) in [6.07, 6.45) is 1.58. The zero-order valence-corrected chi connectivity index (χ0v) is 12.5. The van der Waals surface area contributed by atoms with Gasteiger partial charge in [-0.05, 0) is 33.2 Å². The maximum absolute atomic E-state index is 12.4. The second-order valence-electron chi connectivity index (χ2n) is 5.82. The molecular weight excluding hydrogens is 274 g/mol. The minimum absolute atomic E-state index is 0.0739. The third kappa shape index (κ3) is 3.08. The fraction of sp³-hybridized carbons (Fsp3) is 0.786. The molecule has 2 saturated heterocycles. The molecule has 7 heteroatoms. The first-order valence-electron chi connectivity index (χ1n) is 7.40. The van der Waals surface area contributed by atoms with E-state index in [0.29, 0.717) is 19.4 Å². The minimum atomic E-state index is -0.718. The van der Waals surface area contributed by atoms with Gasteiger partial charge < -0.3 is 20.6 Å². The van der Waals surface area contributed by atoms with Gasteiger partial charge in [-0.1, -0.05) is 0 Å². The Morgan fingerprint density at radius 2 is 2.24 bits per heavy atom. The van der Waals surface area contributed by atoms with Crippen molar-refractivity contribution in [3.8, 4) is 0 Å². The van der Waals surface area contributed by atoms with Crippen molar-refractivity contribution < 1.29 is 19.5 Å². The van der Waals surface area contributed by atoms with Gasteiger partial charge in [-0.25, -0.2) is 0 Å². The number of hydrogen-bond acceptors (Lipinski definition) is 5. The van der Waals surface area contributed by atoms with E-state index in [1.54, 1.807) is 11.9 Å². The van der Waals surface area contributed by atoms with Gasteiger partial charge >= 0.3 is 0 Å². The normalized spacial score (nSPS) is 30.6. The second-order valence-corrected chi connectivity index (χ2v) is 5.82. The molecule has 118 valence electrons. The van der Waals surface area contributed by atoms with Crippen LogP contribution in [-0.2, 0) is 14.4 Å². The Kier molecular flexibility index (Phi) is 4.95. The second kappa shape index (κ2) is 6.53. The zero-order chi connectivity index (χ0) is 15.6. The Bertz CT molecular complexity index is 440. The van der Waals surface area contributed by atoms with Gasteiger partial charge in [-0.2, -0.15) is 0 Å². The summed E-state index contributed by atoms with van der Waals surface area (Å²) >= 11 is 0. The molecule has 2 amide bonds. The smallest absolute Gasteiger partial charge is 0.240 e. The molecule has 2 aliphatic heterocycles. The Labute approximate surface area is 124 Å². The van der Waals surface area contributed by atoms with Gasteiger partial charge in [-0.3, -0.25) is 14.4 Å². The molecule has 2 fully saturated rings. The van der Waals surface area contributed by atoms with Crippen molar-refractivity contribution in [2.24, 2.45) is 5.92 Å². The van der Waals surface area contributed by atoms with Crippen LogP contribution in [0.3, 0.4) is 0 Å². The number of rotatable bonds is 6. The Morgan fingerprint density at radius 3 is 2.71 bits per heavy atom. The molecule has 0 aromatic heterocycles. The molecule has 4 unspecified atom stereocenters. The molecule has 21 heavy (non-hydrogen) atoms. The van der Waals surface area contributed by atoms with Crippen LogP contribution in [0.15, 0.2) is 0 Å². The molecule has 0 saturated carbocycles. The van der Waals surface area contributed by atoms with E-state index in [9.17, 15) is 19.5 Å². The summed E-state index contributed by atoms with van der Waals surface area (Å²) < 4.78 is 0. The molecule has 0 aromatic rings. The van der Waals surface area contributed by atoms with Crippen molar-refractivity contribution in [3.05, 3.63) is 0 Å². The van der Waals surface area contributed by atoms with E-state index in [1.165, 1.54) is 0 Å². The monoisotopic (exact) mass is 297 g/mol. The summed E-state index contributed by atoms with van der Waals surface area (Å²) in [5.41, 5.74) is 0. The lowest BCUT2D eigenvalue weighted by atomic mass is 9.94. The first-order valence-corrected chi connectivity index (χ1v) is 7.40. The van der Waals surface area contributed by atoms with Crippen molar-refractivity contribution in [1.82, 2.24) is 15.5 Å². The van der Waals surface area contributed by atoms with Gasteiger partial charge in [0, 0.05) is 18.5 Å². The fourth-order valence-electron chi connectivity index (χ4n) is 3.30. The van der Waals surface area contributed by atoms with E-state index < -0.39 is 18.4 Å². The highest BCUT2D eigenvalue weighted by Crippen LogP contribution is 2.27. The van der Waals surface area contributed by atoms with E-state index in [2.05, 4.69) is 10.6 Å². The number of carbonyl (C=O) groups excluding carboxylic acids is 3. The number of aliphatic hydroxyl groups excluding tert-OH is 1. The molecule has 3 N–H and O–H groups in total. The van der Waals surface area contributed by atoms with Crippen LogP contribution in [0.2, 0.25) is 0 Å². The molecule has 0 spiro atoms. The minimum Gasteiger partial charge on any atom is -0.389 e. The maximum atomic E-state index is 12.4. The van der Waals surface area contributed by atoms with E-state index >= 15 is 0 Å². The molecule has 0 bridgehead atoms. The highest BCUT2D eigenvalue weighted by atomic mass is 16.3. The van der Waals surface area contributed by atoms with Crippen LogP contribution in [0.5, 0.6) is 0 Å². The number of hydrogen-bond donors (Lipinski definition) is 3. The highest BCUT2D eigenvalue weighted by molar-refractivity contribution is 5.93. The summed E-state index contributed by atoms with van der Waals surface area (Å²) in [6.45, 7) is 1.88. The highest BCUT2D eigenvalue weighted by Gasteiger charge is 2.44. The third-order valence-corrected chi connectivity index (χ3v) is 4.49. The predicted octanol–water partition coefficient (Wildman–Crippen LogP) is -1.35. The summed E-state index contributed by atoms with van der Waals surface area (Å²) in [4.78, 5) is 37.7. The van der Waals surface area contributed by atoms with Crippen LogP contribution in [0, 0.1) is 5.92 Å². The number of amides is 2. The van der Waals surface area contributed by atoms with Crippen LogP contribution in [0.25, 0.3) is 0 Å². The number of likely N-dealkylation sites (N-methyl/N-ethyl adjacent to an activating group) is 1. The average molecular weight is 297 g/mol. The van der Waals surface area contributed by atoms with E-state index in [1.807, 2.05) is 6.92 Å². The van der Waals surface area contributed by atoms with Crippen molar-refractivity contribution >= 4 is 17.6 Å². The number of Topliss-reactive ketones (excluding diaryl/α,β-unsaturated/α-hetero) is 1. The summed E-state index contributed by atoms with van der Waals surface area (Å²) in [7, 11) is 1.71. The molecule has 2 heterocycles. The van der Waals surface area contributed by atoms with Gasteiger partial charge in [0.05, 0.1) is 12.1 Å². The molecule has 4 atom stereocenters. The molecule has 0 radical (unpaired) electrons. The van der Waals surface area contributed by atoms with E-state index in [-0.39, 0.29) is 36.2 Å². The lowest BCUT2D eigenvalue weighted by Crippen LogP contribution is -2.49. The molecule has 7 nitrogen and oxygen atoms in total. The Balaban J connectivity index is 2.17. The largest absolute Gasteiger partial charge is 0.389 e. The van der Waals surface area contributed by atoms with Crippen LogP contribution in [-0.4, -0.2) is 65.9 Å². The molecular formula is C14H23N3O4. The van der Waals surface area contributed by atoms with E-state index in [0.717, 1.165) is 0 Å². The quantitative estimate of drug-likeness (QED) is 0.563. The SMILES string of the molecule is CNC1CC(C)N(C(CC2CCNC2=O)C(=O)CO)C1=O. The zero-order valence-electron chi connectivity index (χ0n) is 12.5. The van der Waals surface area contributed by atoms with Gasteiger partial charge in [0.25, 0.3) is 0 Å². The predicted molar refractivity (Wildman–Crippen MR) is 75.4 cm³/mol. The Hall–Kier alpha value is -1.47. The van der Waals surface area contributed by atoms with Crippen molar-refractivity contribution in [1.29, 1.82) is 0 Å². The number of aliphatic hydroxyl groups is 1. The number of ketones is 1. The van der Waals surface area contributed by atoms with Crippen LogP contribution >= 0.6 is 0 Å². The van der Waals surface area contributed by atoms with E-state index in [4.69, 9.17) is 0 Å². The molecule has 0 aliphatic carbocycles. The lowest BCUT2D eigenvalue weighted by molar-refractivity contribution is -0.141. The van der Waals surface area contributed by atoms with Gasteiger partial charge in [0.15, 0.2) is 5.78 Å². The Morgan fingerprint density at radius 1 is 1.52 bits per heavy atom. The summed E-state index contributed by atoms with van der Waals surface area (Å²) in [5.74, 6) is -0.865.